The molecule has 6 heteroatoms. The van der Waals surface area contributed by atoms with Gasteiger partial charge in [0.05, 0.1) is 24.9 Å². The summed E-state index contributed by atoms with van der Waals surface area (Å²) in [5, 5.41) is 3.28. The maximum Gasteiger partial charge on any atom is 0.265 e. The van der Waals surface area contributed by atoms with Crippen LogP contribution in [0.2, 0.25) is 5.02 Å². The minimum Gasteiger partial charge on any atom is -0.497 e. The number of benzene rings is 2. The molecule has 0 fully saturated rings. The van der Waals surface area contributed by atoms with E-state index in [-0.39, 0.29) is 5.91 Å². The number of ether oxygens (including phenoxy) is 3. The molecule has 5 nitrogen and oxygen atoms in total. The van der Waals surface area contributed by atoms with Gasteiger partial charge >= 0.3 is 0 Å². The van der Waals surface area contributed by atoms with Gasteiger partial charge in [-0.1, -0.05) is 30.7 Å². The summed E-state index contributed by atoms with van der Waals surface area (Å²) in [6, 6.07) is 12.2. The zero-order chi connectivity index (χ0) is 17.5. The van der Waals surface area contributed by atoms with Crippen LogP contribution in [0, 0.1) is 0 Å². The molecular weight excluding hydrogens is 330 g/mol. The molecule has 2 rings (SSSR count). The van der Waals surface area contributed by atoms with E-state index in [0.717, 1.165) is 0 Å². The summed E-state index contributed by atoms with van der Waals surface area (Å²) < 4.78 is 16.2. The molecule has 0 aliphatic rings. The quantitative estimate of drug-likeness (QED) is 0.815. The third-order valence-electron chi connectivity index (χ3n) is 3.44. The van der Waals surface area contributed by atoms with Gasteiger partial charge in [0.2, 0.25) is 0 Å². The van der Waals surface area contributed by atoms with E-state index in [0.29, 0.717) is 34.4 Å². The van der Waals surface area contributed by atoms with Crippen molar-refractivity contribution in [2.24, 2.45) is 0 Å². The van der Waals surface area contributed by atoms with Crippen molar-refractivity contribution < 1.29 is 19.0 Å². The minimum absolute atomic E-state index is 0.277. The Hall–Kier alpha value is -2.40. The van der Waals surface area contributed by atoms with Crippen LogP contribution < -0.4 is 19.5 Å². The Morgan fingerprint density at radius 1 is 1.12 bits per heavy atom. The number of para-hydroxylation sites is 1. The van der Waals surface area contributed by atoms with E-state index in [1.54, 1.807) is 49.6 Å². The first-order valence-corrected chi connectivity index (χ1v) is 7.91. The normalized spacial score (nSPS) is 11.5. The van der Waals surface area contributed by atoms with Gasteiger partial charge in [-0.3, -0.25) is 4.79 Å². The lowest BCUT2D eigenvalue weighted by atomic mass is 10.2. The predicted molar refractivity (Wildman–Crippen MR) is 94.3 cm³/mol. The molecule has 0 spiro atoms. The molecule has 0 saturated heterocycles. The smallest absolute Gasteiger partial charge is 0.265 e. The van der Waals surface area contributed by atoms with Crippen molar-refractivity contribution in [3.8, 4) is 17.2 Å². The third-order valence-corrected chi connectivity index (χ3v) is 3.75. The maximum atomic E-state index is 12.5. The number of halogens is 1. The summed E-state index contributed by atoms with van der Waals surface area (Å²) in [6.45, 7) is 1.87. The fourth-order valence-electron chi connectivity index (χ4n) is 2.13. The highest BCUT2D eigenvalue weighted by molar-refractivity contribution is 6.32. The number of amides is 1. The van der Waals surface area contributed by atoms with Gasteiger partial charge in [0.1, 0.15) is 17.2 Å². The standard InChI is InChI=1S/C18H20ClNO4/c1-4-15(24-16-8-6-5-7-13(16)19)18(21)20-14-10-9-12(22-2)11-17(14)23-3/h5-11,15H,4H2,1-3H3,(H,20,21)/t15-/m1/s1. The zero-order valence-corrected chi connectivity index (χ0v) is 14.6. The second-order valence-electron chi connectivity index (χ2n) is 5.00. The van der Waals surface area contributed by atoms with E-state index in [2.05, 4.69) is 5.32 Å². The van der Waals surface area contributed by atoms with E-state index in [1.807, 2.05) is 6.92 Å². The van der Waals surface area contributed by atoms with Crippen LogP contribution >= 0.6 is 11.6 Å². The Kier molecular flexibility index (Phi) is 6.32. The summed E-state index contributed by atoms with van der Waals surface area (Å²) >= 11 is 6.08. The summed E-state index contributed by atoms with van der Waals surface area (Å²) in [4.78, 5) is 12.5. The highest BCUT2D eigenvalue weighted by Gasteiger charge is 2.21. The Morgan fingerprint density at radius 2 is 1.88 bits per heavy atom. The number of hydrogen-bond donors (Lipinski definition) is 1. The molecule has 24 heavy (non-hydrogen) atoms. The van der Waals surface area contributed by atoms with Gasteiger partial charge in [-0.05, 0) is 30.7 Å². The Balaban J connectivity index is 2.13. The molecule has 2 aromatic rings. The molecule has 1 atom stereocenters. The van der Waals surface area contributed by atoms with Crippen molar-refractivity contribution in [2.45, 2.75) is 19.4 Å². The average molecular weight is 350 g/mol. The van der Waals surface area contributed by atoms with Gasteiger partial charge in [-0.2, -0.15) is 0 Å². The van der Waals surface area contributed by atoms with E-state index in [1.165, 1.54) is 7.11 Å². The first-order chi connectivity index (χ1) is 11.6. The van der Waals surface area contributed by atoms with E-state index < -0.39 is 6.10 Å². The number of anilines is 1. The van der Waals surface area contributed by atoms with Crippen LogP contribution in [-0.2, 0) is 4.79 Å². The van der Waals surface area contributed by atoms with Crippen LogP contribution in [-0.4, -0.2) is 26.2 Å². The monoisotopic (exact) mass is 349 g/mol. The summed E-state index contributed by atoms with van der Waals surface area (Å²) in [7, 11) is 3.10. The van der Waals surface area contributed by atoms with E-state index in [9.17, 15) is 4.79 Å². The van der Waals surface area contributed by atoms with Gasteiger partial charge in [-0.25, -0.2) is 0 Å². The molecule has 0 heterocycles. The number of nitrogens with one attached hydrogen (secondary N) is 1. The van der Waals surface area contributed by atoms with Crippen LogP contribution in [0.4, 0.5) is 5.69 Å². The second kappa shape index (κ2) is 8.45. The summed E-state index contributed by atoms with van der Waals surface area (Å²) in [6.07, 6.45) is -0.174. The molecule has 1 amide bonds. The van der Waals surface area contributed by atoms with Crippen LogP contribution in [0.1, 0.15) is 13.3 Å². The Morgan fingerprint density at radius 3 is 2.50 bits per heavy atom. The molecule has 0 aromatic heterocycles. The van der Waals surface area contributed by atoms with E-state index in [4.69, 9.17) is 25.8 Å². The summed E-state index contributed by atoms with van der Waals surface area (Å²) in [5.41, 5.74) is 0.546. The van der Waals surface area contributed by atoms with Crippen LogP contribution in [0.25, 0.3) is 0 Å². The largest absolute Gasteiger partial charge is 0.497 e. The highest BCUT2D eigenvalue weighted by atomic mass is 35.5. The van der Waals surface area contributed by atoms with E-state index >= 15 is 0 Å². The third kappa shape index (κ3) is 4.32. The number of rotatable bonds is 7. The molecule has 0 bridgehead atoms. The van der Waals surface area contributed by atoms with Crippen molar-refractivity contribution in [3.05, 3.63) is 47.5 Å². The van der Waals surface area contributed by atoms with Crippen LogP contribution in [0.5, 0.6) is 17.2 Å². The number of carbonyl (C=O) groups excluding carboxylic acids is 1. The SMILES string of the molecule is CC[C@@H](Oc1ccccc1Cl)C(=O)Nc1ccc(OC)cc1OC. The van der Waals surface area contributed by atoms with Crippen molar-refractivity contribution >= 4 is 23.2 Å². The van der Waals surface area contributed by atoms with Crippen LogP contribution in [0.3, 0.4) is 0 Å². The first kappa shape index (κ1) is 17.9. The van der Waals surface area contributed by atoms with Gasteiger partial charge in [0, 0.05) is 6.07 Å². The Bertz CT molecular complexity index is 705. The second-order valence-corrected chi connectivity index (χ2v) is 5.41. The van der Waals surface area contributed by atoms with Crippen molar-refractivity contribution in [3.63, 3.8) is 0 Å². The maximum absolute atomic E-state index is 12.5. The molecule has 1 N–H and O–H groups in total. The first-order valence-electron chi connectivity index (χ1n) is 7.53. The highest BCUT2D eigenvalue weighted by Crippen LogP contribution is 2.30. The molecule has 0 saturated carbocycles. The fourth-order valence-corrected chi connectivity index (χ4v) is 2.31. The molecule has 2 aromatic carbocycles. The fraction of sp³-hybridized carbons (Fsp3) is 0.278. The Labute approximate surface area is 146 Å². The van der Waals surface area contributed by atoms with Crippen LogP contribution in [0.15, 0.2) is 42.5 Å². The predicted octanol–water partition coefficient (Wildman–Crippen LogP) is 4.15. The number of hydrogen-bond acceptors (Lipinski definition) is 4. The average Bonchev–Trinajstić information content (AvgIpc) is 2.61. The molecular formula is C18H20ClNO4. The molecule has 0 aliphatic heterocycles. The van der Waals surface area contributed by atoms with Gasteiger partial charge in [-0.15, -0.1) is 0 Å². The minimum atomic E-state index is -0.670. The number of methoxy groups -OCH3 is 2. The topological polar surface area (TPSA) is 56.8 Å². The lowest BCUT2D eigenvalue weighted by Gasteiger charge is -2.19. The van der Waals surface area contributed by atoms with Gasteiger partial charge in [0.15, 0.2) is 6.10 Å². The van der Waals surface area contributed by atoms with Crippen molar-refractivity contribution in [1.29, 1.82) is 0 Å². The molecule has 128 valence electrons. The lowest BCUT2D eigenvalue weighted by Crippen LogP contribution is -2.32. The number of carbonyl (C=O) groups is 1. The van der Waals surface area contributed by atoms with Gasteiger partial charge < -0.3 is 19.5 Å². The molecule has 0 unspecified atom stereocenters. The van der Waals surface area contributed by atoms with Crippen molar-refractivity contribution in [2.75, 3.05) is 19.5 Å². The zero-order valence-electron chi connectivity index (χ0n) is 13.8. The summed E-state index contributed by atoms with van der Waals surface area (Å²) in [5.74, 6) is 1.35. The lowest BCUT2D eigenvalue weighted by molar-refractivity contribution is -0.122. The molecule has 0 aliphatic carbocycles. The van der Waals surface area contributed by atoms with Crippen molar-refractivity contribution in [1.82, 2.24) is 0 Å². The molecule has 0 radical (unpaired) electrons. The van der Waals surface area contributed by atoms with Gasteiger partial charge in [0.25, 0.3) is 5.91 Å².